The highest BCUT2D eigenvalue weighted by molar-refractivity contribution is 8.03. The topological polar surface area (TPSA) is 110 Å². The number of benzene rings is 2. The Morgan fingerprint density at radius 2 is 1.82 bits per heavy atom. The molecule has 0 heterocycles. The van der Waals surface area contributed by atoms with Crippen molar-refractivity contribution in [2.45, 2.75) is 38.0 Å². The van der Waals surface area contributed by atoms with Gasteiger partial charge in [-0.15, -0.1) is 0 Å². The second-order valence-electron chi connectivity index (χ2n) is 8.69. The fourth-order valence-corrected chi connectivity index (χ4v) is 4.01. The van der Waals surface area contributed by atoms with Gasteiger partial charge in [-0.3, -0.25) is 10.8 Å². The van der Waals surface area contributed by atoms with Crippen LogP contribution in [0.15, 0.2) is 69.5 Å². The third kappa shape index (κ3) is 6.26. The van der Waals surface area contributed by atoms with E-state index in [1.54, 1.807) is 13.1 Å². The Kier molecular flexibility index (Phi) is 7.28. The van der Waals surface area contributed by atoms with Crippen molar-refractivity contribution in [2.75, 3.05) is 17.8 Å². The molecule has 33 heavy (non-hydrogen) atoms. The third-order valence-electron chi connectivity index (χ3n) is 4.90. The average molecular weight is 464 g/mol. The number of phenols is 1. The normalized spacial score (nSPS) is 14.8. The summed E-state index contributed by atoms with van der Waals surface area (Å²) in [7, 11) is 1.57. The van der Waals surface area contributed by atoms with E-state index < -0.39 is 0 Å². The van der Waals surface area contributed by atoms with Crippen LogP contribution < -0.4 is 16.1 Å². The molecule has 0 aromatic heterocycles. The van der Waals surface area contributed by atoms with Crippen molar-refractivity contribution >= 4 is 40.6 Å². The summed E-state index contributed by atoms with van der Waals surface area (Å²) in [5.74, 6) is 0.166. The van der Waals surface area contributed by atoms with Crippen molar-refractivity contribution in [1.82, 2.24) is 5.32 Å². The maximum Gasteiger partial charge on any atom is 0.318 e. The Balaban J connectivity index is 1.77. The number of rotatable bonds is 5. The first-order valence-electron chi connectivity index (χ1n) is 10.5. The average Bonchev–Trinajstić information content (AvgIpc) is 2.76. The molecule has 2 amide bonds. The van der Waals surface area contributed by atoms with E-state index in [1.165, 1.54) is 11.8 Å². The van der Waals surface area contributed by atoms with E-state index in [0.717, 1.165) is 20.9 Å². The maximum absolute atomic E-state index is 11.4. The highest BCUT2D eigenvalue weighted by Gasteiger charge is 2.21. The number of anilines is 2. The van der Waals surface area contributed by atoms with Crippen LogP contribution in [-0.4, -0.2) is 29.6 Å². The molecule has 5 N–H and O–H groups in total. The number of carbonyl (C=O) groups is 1. The number of nitrogens with zero attached hydrogens (tertiary/aromatic N) is 1. The van der Waals surface area contributed by atoms with Crippen LogP contribution in [0, 0.1) is 12.3 Å². The molecule has 0 fully saturated rings. The molecule has 0 atom stereocenters. The Morgan fingerprint density at radius 3 is 2.45 bits per heavy atom. The lowest BCUT2D eigenvalue weighted by Gasteiger charge is -2.22. The molecule has 0 unspecified atom stereocenters. The minimum atomic E-state index is -0.269. The molecule has 0 aliphatic heterocycles. The number of thioether (sulfide) groups is 1. The smallest absolute Gasteiger partial charge is 0.318 e. The van der Waals surface area contributed by atoms with Gasteiger partial charge in [0.2, 0.25) is 0 Å². The fourth-order valence-electron chi connectivity index (χ4n) is 3.16. The van der Waals surface area contributed by atoms with Crippen LogP contribution in [0.5, 0.6) is 5.75 Å². The molecule has 8 heteroatoms. The van der Waals surface area contributed by atoms with Gasteiger partial charge in [0.25, 0.3) is 0 Å². The minimum Gasteiger partial charge on any atom is -0.505 e. The zero-order chi connectivity index (χ0) is 24.2. The predicted molar refractivity (Wildman–Crippen MR) is 138 cm³/mol. The van der Waals surface area contributed by atoms with E-state index in [0.29, 0.717) is 17.1 Å². The van der Waals surface area contributed by atoms with E-state index in [9.17, 15) is 9.90 Å². The Hall–Kier alpha value is -3.52. The zero-order valence-corrected chi connectivity index (χ0v) is 20.2. The molecule has 0 spiro atoms. The lowest BCUT2D eigenvalue weighted by Crippen LogP contribution is -2.24. The van der Waals surface area contributed by atoms with Crippen molar-refractivity contribution in [3.8, 4) is 5.75 Å². The largest absolute Gasteiger partial charge is 0.505 e. The van der Waals surface area contributed by atoms with Crippen molar-refractivity contribution in [1.29, 1.82) is 5.41 Å². The van der Waals surface area contributed by atoms with Crippen LogP contribution in [-0.2, 0) is 5.41 Å². The molecule has 0 saturated carbocycles. The predicted octanol–water partition coefficient (Wildman–Crippen LogP) is 5.78. The number of nitrogens with one attached hydrogen (secondary N) is 4. The van der Waals surface area contributed by atoms with Crippen molar-refractivity contribution in [3.63, 3.8) is 0 Å². The Bertz CT molecular complexity index is 1160. The van der Waals surface area contributed by atoms with Crippen molar-refractivity contribution in [2.24, 2.45) is 5.10 Å². The number of amides is 2. The first-order valence-corrected chi connectivity index (χ1v) is 11.3. The first-order chi connectivity index (χ1) is 15.6. The molecule has 2 aromatic carbocycles. The van der Waals surface area contributed by atoms with Crippen LogP contribution >= 0.6 is 11.8 Å². The number of aromatic hydroxyl groups is 1. The summed E-state index contributed by atoms with van der Waals surface area (Å²) in [6.07, 6.45) is 5.39. The second kappa shape index (κ2) is 9.95. The maximum atomic E-state index is 11.4. The number of hydrazone groups is 1. The van der Waals surface area contributed by atoms with Gasteiger partial charge < -0.3 is 15.7 Å². The van der Waals surface area contributed by atoms with Gasteiger partial charge >= 0.3 is 6.03 Å². The molecule has 3 rings (SSSR count). The molecular weight excluding hydrogens is 434 g/mol. The van der Waals surface area contributed by atoms with Crippen LogP contribution in [0.25, 0.3) is 0 Å². The number of aryl methyl sites for hydroxylation is 1. The van der Waals surface area contributed by atoms with Crippen LogP contribution in [0.1, 0.15) is 31.9 Å². The van der Waals surface area contributed by atoms with E-state index >= 15 is 0 Å². The first kappa shape index (κ1) is 24.1. The number of phenolic OH excluding ortho intramolecular Hbond substituents is 1. The number of hydrogen-bond donors (Lipinski definition) is 5. The van der Waals surface area contributed by atoms with Crippen molar-refractivity contribution < 1.29 is 9.90 Å². The highest BCUT2D eigenvalue weighted by atomic mass is 32.2. The lowest BCUT2D eigenvalue weighted by atomic mass is 9.85. The van der Waals surface area contributed by atoms with Gasteiger partial charge in [-0.25, -0.2) is 4.79 Å². The van der Waals surface area contributed by atoms with E-state index in [-0.39, 0.29) is 22.9 Å². The fraction of sp³-hybridized carbons (Fsp3) is 0.240. The summed E-state index contributed by atoms with van der Waals surface area (Å²) >= 11 is 1.53. The molecule has 0 radical (unpaired) electrons. The quantitative estimate of drug-likeness (QED) is 0.220. The van der Waals surface area contributed by atoms with Crippen LogP contribution in [0.2, 0.25) is 0 Å². The van der Waals surface area contributed by atoms with Crippen LogP contribution in [0.3, 0.4) is 0 Å². The highest BCUT2D eigenvalue weighted by Crippen LogP contribution is 2.37. The Morgan fingerprint density at radius 1 is 1.12 bits per heavy atom. The summed E-state index contributed by atoms with van der Waals surface area (Å²) in [6, 6.07) is 11.0. The molecule has 1 aliphatic carbocycles. The molecular formula is C25H29N5O2S. The van der Waals surface area contributed by atoms with Gasteiger partial charge in [0.05, 0.1) is 11.4 Å². The SMILES string of the molecule is CNC(=O)Nc1ccc(SC2=C/C(=N/Nc3cc(C)cc(C(C)(C)C)c3O)C(=N)C=C2)cc1. The van der Waals surface area contributed by atoms with Gasteiger partial charge in [0.15, 0.2) is 0 Å². The second-order valence-corrected chi connectivity index (χ2v) is 9.84. The Labute approximate surface area is 198 Å². The summed E-state index contributed by atoms with van der Waals surface area (Å²) < 4.78 is 0. The summed E-state index contributed by atoms with van der Waals surface area (Å²) in [5.41, 5.74) is 6.54. The molecule has 172 valence electrons. The molecule has 2 aromatic rings. The lowest BCUT2D eigenvalue weighted by molar-refractivity contribution is 0.254. The van der Waals surface area contributed by atoms with Gasteiger partial charge in [-0.05, 0) is 66.5 Å². The van der Waals surface area contributed by atoms with Gasteiger partial charge in [0.1, 0.15) is 11.5 Å². The number of urea groups is 1. The standard InChI is InChI=1S/C25H29N5O2S/c1-15-12-19(25(2,3)4)23(31)22(13-15)30-29-21-14-18(10-11-20(21)26)33-17-8-6-16(7-9-17)28-24(32)27-5/h6-14,26,30-31H,1-5H3,(H2,27,28,32)/b26-20?,29-21-. The molecule has 0 saturated heterocycles. The van der Waals surface area contributed by atoms with E-state index in [1.807, 2.05) is 76.2 Å². The minimum absolute atomic E-state index is 0.166. The number of carbonyl (C=O) groups excluding carboxylic acids is 1. The summed E-state index contributed by atoms with van der Waals surface area (Å²) in [5, 5.41) is 28.6. The summed E-state index contributed by atoms with van der Waals surface area (Å²) in [4.78, 5) is 13.3. The van der Waals surface area contributed by atoms with Gasteiger partial charge in [-0.2, -0.15) is 5.10 Å². The summed E-state index contributed by atoms with van der Waals surface area (Å²) in [6.45, 7) is 8.12. The monoisotopic (exact) mass is 463 g/mol. The molecule has 7 nitrogen and oxygen atoms in total. The number of allylic oxidation sites excluding steroid dienone is 3. The zero-order valence-electron chi connectivity index (χ0n) is 19.4. The number of hydrogen-bond acceptors (Lipinski definition) is 6. The molecule has 1 aliphatic rings. The molecule has 0 bridgehead atoms. The van der Waals surface area contributed by atoms with Gasteiger partial charge in [0, 0.05) is 28.1 Å². The van der Waals surface area contributed by atoms with E-state index in [2.05, 4.69) is 21.2 Å². The van der Waals surface area contributed by atoms with Crippen LogP contribution in [0.4, 0.5) is 16.2 Å². The van der Waals surface area contributed by atoms with Gasteiger partial charge in [-0.1, -0.05) is 38.6 Å². The van der Waals surface area contributed by atoms with E-state index in [4.69, 9.17) is 5.41 Å². The third-order valence-corrected chi connectivity index (χ3v) is 5.90. The van der Waals surface area contributed by atoms with Crippen molar-refractivity contribution in [3.05, 3.63) is 70.7 Å².